The van der Waals surface area contributed by atoms with Gasteiger partial charge in [0.05, 0.1) is 17.1 Å². The highest BCUT2D eigenvalue weighted by Gasteiger charge is 2.23. The first kappa shape index (κ1) is 23.7. The second kappa shape index (κ2) is 9.69. The van der Waals surface area contributed by atoms with Gasteiger partial charge in [0.25, 0.3) is 0 Å². The summed E-state index contributed by atoms with van der Waals surface area (Å²) in [6, 6.07) is 19.3. The van der Waals surface area contributed by atoms with Gasteiger partial charge in [-0.1, -0.05) is 63.2 Å². The Morgan fingerprint density at radius 1 is 1.03 bits per heavy atom. The zero-order chi connectivity index (χ0) is 23.4. The summed E-state index contributed by atoms with van der Waals surface area (Å²) in [6.45, 7) is 8.11. The van der Waals surface area contributed by atoms with E-state index < -0.39 is 21.5 Å². The molecule has 1 amide bonds. The maximum atomic E-state index is 12.6. The molecule has 1 aromatic heterocycles. The predicted molar refractivity (Wildman–Crippen MR) is 129 cm³/mol. The van der Waals surface area contributed by atoms with E-state index in [1.807, 2.05) is 88.4 Å². The van der Waals surface area contributed by atoms with Gasteiger partial charge >= 0.3 is 0 Å². The Morgan fingerprint density at radius 3 is 2.41 bits per heavy atom. The molecule has 0 saturated heterocycles. The van der Waals surface area contributed by atoms with Gasteiger partial charge in [0, 0.05) is 11.5 Å². The molecule has 0 atom stereocenters. The number of sulfone groups is 1. The van der Waals surface area contributed by atoms with Crippen molar-refractivity contribution in [2.75, 3.05) is 16.8 Å². The molecule has 0 saturated carbocycles. The van der Waals surface area contributed by atoms with Crippen molar-refractivity contribution in [3.8, 4) is 5.69 Å². The Labute approximate surface area is 190 Å². The van der Waals surface area contributed by atoms with Crippen LogP contribution < -0.4 is 5.32 Å². The van der Waals surface area contributed by atoms with Crippen molar-refractivity contribution in [3.63, 3.8) is 0 Å². The number of hydrogen-bond acceptors (Lipinski definition) is 4. The van der Waals surface area contributed by atoms with Crippen LogP contribution in [0.15, 0.2) is 60.7 Å². The van der Waals surface area contributed by atoms with E-state index >= 15 is 0 Å². The molecule has 0 aliphatic rings. The number of aryl methyl sites for hydroxylation is 2. The zero-order valence-corrected chi connectivity index (χ0v) is 19.9. The van der Waals surface area contributed by atoms with Crippen LogP contribution in [-0.4, -0.2) is 35.6 Å². The molecule has 0 unspecified atom stereocenters. The van der Waals surface area contributed by atoms with E-state index in [1.54, 1.807) is 4.68 Å². The molecule has 6 nitrogen and oxygen atoms in total. The van der Waals surface area contributed by atoms with Gasteiger partial charge in [0.1, 0.15) is 11.6 Å². The zero-order valence-electron chi connectivity index (χ0n) is 19.1. The molecule has 3 rings (SSSR count). The molecule has 0 bridgehead atoms. The number of nitrogens with zero attached hydrogens (tertiary/aromatic N) is 2. The van der Waals surface area contributed by atoms with Crippen LogP contribution in [0.2, 0.25) is 0 Å². The van der Waals surface area contributed by atoms with Crippen molar-refractivity contribution in [1.82, 2.24) is 9.78 Å². The van der Waals surface area contributed by atoms with Crippen LogP contribution in [0.5, 0.6) is 0 Å². The van der Waals surface area contributed by atoms with E-state index in [4.69, 9.17) is 0 Å². The van der Waals surface area contributed by atoms with Crippen molar-refractivity contribution < 1.29 is 13.2 Å². The molecule has 0 spiro atoms. The highest BCUT2D eigenvalue weighted by Crippen LogP contribution is 2.26. The standard InChI is InChI=1S/C25H31N3O3S/c1-19-10-8-14-21(16-19)28-23(17-22(27-28)25(2,3)4)26-24(29)18-32(30,31)15-9-13-20-11-6-5-7-12-20/h5-8,10-12,14,16-17H,9,13,15,18H2,1-4H3,(H,26,29). The summed E-state index contributed by atoms with van der Waals surface area (Å²) in [5.74, 6) is -0.672. The van der Waals surface area contributed by atoms with Crippen LogP contribution in [0, 0.1) is 6.92 Å². The van der Waals surface area contributed by atoms with Crippen LogP contribution in [-0.2, 0) is 26.5 Å². The van der Waals surface area contributed by atoms with Crippen LogP contribution in [0.25, 0.3) is 5.69 Å². The van der Waals surface area contributed by atoms with Crippen molar-refractivity contribution in [2.24, 2.45) is 0 Å². The molecular formula is C25H31N3O3S. The molecule has 1 heterocycles. The molecule has 1 N–H and O–H groups in total. The molecule has 0 fully saturated rings. The van der Waals surface area contributed by atoms with Crippen LogP contribution in [0.1, 0.15) is 44.0 Å². The number of anilines is 1. The predicted octanol–water partition coefficient (Wildman–Crippen LogP) is 4.46. The second-order valence-corrected chi connectivity index (χ2v) is 11.3. The number of benzene rings is 2. The minimum atomic E-state index is -3.52. The number of nitrogens with one attached hydrogen (secondary N) is 1. The summed E-state index contributed by atoms with van der Waals surface area (Å²) in [5, 5.41) is 7.45. The normalized spacial score (nSPS) is 12.0. The number of rotatable bonds is 8. The highest BCUT2D eigenvalue weighted by molar-refractivity contribution is 7.92. The first-order valence-corrected chi connectivity index (χ1v) is 12.6. The number of aromatic nitrogens is 2. The van der Waals surface area contributed by atoms with Crippen LogP contribution in [0.3, 0.4) is 0 Å². The summed E-state index contributed by atoms with van der Waals surface area (Å²) >= 11 is 0. The minimum Gasteiger partial charge on any atom is -0.310 e. The van der Waals surface area contributed by atoms with E-state index in [-0.39, 0.29) is 11.2 Å². The smallest absolute Gasteiger partial charge is 0.240 e. The monoisotopic (exact) mass is 453 g/mol. The highest BCUT2D eigenvalue weighted by atomic mass is 32.2. The van der Waals surface area contributed by atoms with Crippen LogP contribution >= 0.6 is 0 Å². The molecule has 0 aliphatic heterocycles. The molecule has 0 radical (unpaired) electrons. The lowest BCUT2D eigenvalue weighted by atomic mass is 9.92. The van der Waals surface area contributed by atoms with E-state index in [1.165, 1.54) is 0 Å². The van der Waals surface area contributed by atoms with Crippen LogP contribution in [0.4, 0.5) is 5.82 Å². The van der Waals surface area contributed by atoms with Gasteiger partial charge in [-0.2, -0.15) is 5.10 Å². The van der Waals surface area contributed by atoms with Gasteiger partial charge in [-0.25, -0.2) is 13.1 Å². The Balaban J connectivity index is 1.71. The molecule has 170 valence electrons. The van der Waals surface area contributed by atoms with Gasteiger partial charge in [0.15, 0.2) is 9.84 Å². The number of carbonyl (C=O) groups excluding carboxylic acids is 1. The van der Waals surface area contributed by atoms with Gasteiger partial charge in [0.2, 0.25) is 5.91 Å². The Morgan fingerprint density at radius 2 is 1.75 bits per heavy atom. The molecule has 0 aliphatic carbocycles. The Hall–Kier alpha value is -2.93. The summed E-state index contributed by atoms with van der Waals surface area (Å²) < 4.78 is 26.7. The Bertz CT molecular complexity index is 1180. The maximum Gasteiger partial charge on any atom is 0.240 e. The summed E-state index contributed by atoms with van der Waals surface area (Å²) in [5.41, 5.74) is 3.54. The maximum absolute atomic E-state index is 12.6. The van der Waals surface area contributed by atoms with Gasteiger partial charge in [-0.3, -0.25) is 4.79 Å². The van der Waals surface area contributed by atoms with Gasteiger partial charge < -0.3 is 5.32 Å². The largest absolute Gasteiger partial charge is 0.310 e. The van der Waals surface area contributed by atoms with Gasteiger partial charge in [-0.05, 0) is 43.0 Å². The number of amides is 1. The third kappa shape index (κ3) is 6.53. The molecule has 7 heteroatoms. The fraction of sp³-hybridized carbons (Fsp3) is 0.360. The van der Waals surface area contributed by atoms with Crippen molar-refractivity contribution in [3.05, 3.63) is 77.5 Å². The lowest BCUT2D eigenvalue weighted by molar-refractivity contribution is -0.113. The molecule has 3 aromatic rings. The van der Waals surface area contributed by atoms with Gasteiger partial charge in [-0.15, -0.1) is 0 Å². The first-order valence-electron chi connectivity index (χ1n) is 10.8. The summed E-state index contributed by atoms with van der Waals surface area (Å²) in [6.07, 6.45) is 1.14. The molecule has 2 aromatic carbocycles. The van der Waals surface area contributed by atoms with E-state index in [2.05, 4.69) is 10.4 Å². The average Bonchev–Trinajstić information content (AvgIpc) is 3.12. The first-order chi connectivity index (χ1) is 15.0. The quantitative estimate of drug-likeness (QED) is 0.546. The summed E-state index contributed by atoms with van der Waals surface area (Å²) in [7, 11) is -3.52. The fourth-order valence-electron chi connectivity index (χ4n) is 3.38. The fourth-order valence-corrected chi connectivity index (χ4v) is 4.59. The topological polar surface area (TPSA) is 81.1 Å². The van der Waals surface area contributed by atoms with Crippen molar-refractivity contribution in [1.29, 1.82) is 0 Å². The number of carbonyl (C=O) groups is 1. The Kier molecular flexibility index (Phi) is 7.19. The molecular weight excluding hydrogens is 422 g/mol. The average molecular weight is 454 g/mol. The third-order valence-corrected chi connectivity index (χ3v) is 6.72. The SMILES string of the molecule is Cc1cccc(-n2nc(C(C)(C)C)cc2NC(=O)CS(=O)(=O)CCCc2ccccc2)c1. The second-order valence-electron chi connectivity index (χ2n) is 9.14. The minimum absolute atomic E-state index is 0.0281. The van der Waals surface area contributed by atoms with E-state index in [0.29, 0.717) is 18.7 Å². The summed E-state index contributed by atoms with van der Waals surface area (Å²) in [4.78, 5) is 12.6. The third-order valence-electron chi connectivity index (χ3n) is 5.11. The number of hydrogen-bond donors (Lipinski definition) is 1. The molecule has 32 heavy (non-hydrogen) atoms. The van der Waals surface area contributed by atoms with Crippen molar-refractivity contribution >= 4 is 21.6 Å². The lowest BCUT2D eigenvalue weighted by Crippen LogP contribution is -2.26. The van der Waals surface area contributed by atoms with E-state index in [9.17, 15) is 13.2 Å². The van der Waals surface area contributed by atoms with Crippen molar-refractivity contribution in [2.45, 2.75) is 46.0 Å². The lowest BCUT2D eigenvalue weighted by Gasteiger charge is -2.14. The van der Waals surface area contributed by atoms with E-state index in [0.717, 1.165) is 22.5 Å².